The van der Waals surface area contributed by atoms with Gasteiger partial charge in [-0.2, -0.15) is 0 Å². The van der Waals surface area contributed by atoms with Crippen LogP contribution >= 0.6 is 0 Å². The smallest absolute Gasteiger partial charge is 0.135 e. The van der Waals surface area contributed by atoms with Gasteiger partial charge in [0.1, 0.15) is 17.1 Å². The zero-order chi connectivity index (χ0) is 18.6. The van der Waals surface area contributed by atoms with E-state index in [9.17, 15) is 5.11 Å². The Morgan fingerprint density at radius 3 is 2.33 bits per heavy atom. The van der Waals surface area contributed by atoms with Crippen molar-refractivity contribution in [3.05, 3.63) is 90.0 Å². The van der Waals surface area contributed by atoms with Crippen molar-refractivity contribution >= 4 is 11.0 Å². The van der Waals surface area contributed by atoms with Crippen molar-refractivity contribution in [1.82, 2.24) is 4.90 Å². The molecule has 0 saturated heterocycles. The molecule has 1 heterocycles. The number of phenolic OH excluding ortho intramolecular Hbond substituents is 1. The summed E-state index contributed by atoms with van der Waals surface area (Å²) in [5, 5.41) is 11.4. The molecule has 0 bridgehead atoms. The molecule has 1 aromatic heterocycles. The molecule has 3 nitrogen and oxygen atoms in total. The highest BCUT2D eigenvalue weighted by Crippen LogP contribution is 2.34. The van der Waals surface area contributed by atoms with Crippen LogP contribution in [0.4, 0.5) is 0 Å². The lowest BCUT2D eigenvalue weighted by Gasteiger charge is -2.18. The molecule has 0 unspecified atom stereocenters. The van der Waals surface area contributed by atoms with Crippen molar-refractivity contribution in [2.24, 2.45) is 0 Å². The molecule has 3 aromatic carbocycles. The molecule has 0 radical (unpaired) electrons. The third-order valence-corrected chi connectivity index (χ3v) is 4.90. The van der Waals surface area contributed by atoms with Crippen LogP contribution in [0.1, 0.15) is 11.1 Å². The number of aromatic hydroxyl groups is 1. The van der Waals surface area contributed by atoms with E-state index < -0.39 is 0 Å². The molecule has 0 aliphatic heterocycles. The molecule has 4 rings (SSSR count). The van der Waals surface area contributed by atoms with Crippen LogP contribution in [0, 0.1) is 0 Å². The van der Waals surface area contributed by atoms with Crippen LogP contribution < -0.4 is 0 Å². The maximum Gasteiger partial charge on any atom is 0.135 e. The molecule has 4 aromatic rings. The van der Waals surface area contributed by atoms with Crippen LogP contribution in [0.5, 0.6) is 5.75 Å². The van der Waals surface area contributed by atoms with Crippen molar-refractivity contribution < 1.29 is 9.52 Å². The van der Waals surface area contributed by atoms with Crippen LogP contribution in [0.2, 0.25) is 0 Å². The van der Waals surface area contributed by atoms with Crippen molar-refractivity contribution in [3.8, 4) is 17.1 Å². The van der Waals surface area contributed by atoms with Gasteiger partial charge in [-0.3, -0.25) is 0 Å². The fourth-order valence-electron chi connectivity index (χ4n) is 3.38. The van der Waals surface area contributed by atoms with Crippen molar-refractivity contribution in [3.63, 3.8) is 0 Å². The van der Waals surface area contributed by atoms with Crippen LogP contribution in [0.3, 0.4) is 0 Å². The van der Waals surface area contributed by atoms with Gasteiger partial charge in [-0.25, -0.2) is 0 Å². The molecule has 0 atom stereocenters. The first-order valence-electron chi connectivity index (χ1n) is 9.23. The second-order valence-corrected chi connectivity index (χ2v) is 6.93. The second kappa shape index (κ2) is 7.68. The fourth-order valence-corrected chi connectivity index (χ4v) is 3.38. The predicted octanol–water partition coefficient (Wildman–Crippen LogP) is 5.48. The van der Waals surface area contributed by atoms with Gasteiger partial charge in [0.25, 0.3) is 0 Å². The highest BCUT2D eigenvalue weighted by Gasteiger charge is 2.14. The second-order valence-electron chi connectivity index (χ2n) is 6.93. The predicted molar refractivity (Wildman–Crippen MR) is 110 cm³/mol. The SMILES string of the molecule is CN(CCc1ccccc1)Cc1c(O)ccc2oc(-c3ccccc3)cc12. The number of benzene rings is 3. The van der Waals surface area contributed by atoms with Crippen molar-refractivity contribution in [1.29, 1.82) is 0 Å². The summed E-state index contributed by atoms with van der Waals surface area (Å²) in [6.07, 6.45) is 0.981. The van der Waals surface area contributed by atoms with E-state index in [-0.39, 0.29) is 0 Å². The molecule has 0 saturated carbocycles. The quantitative estimate of drug-likeness (QED) is 0.496. The number of fused-ring (bicyclic) bond motifs is 1. The monoisotopic (exact) mass is 357 g/mol. The lowest BCUT2D eigenvalue weighted by Crippen LogP contribution is -2.20. The molecular formula is C24H23NO2. The van der Waals surface area contributed by atoms with Gasteiger partial charge < -0.3 is 14.4 Å². The van der Waals surface area contributed by atoms with E-state index in [1.807, 2.05) is 48.5 Å². The summed E-state index contributed by atoms with van der Waals surface area (Å²) in [6, 6.07) is 26.1. The Labute approximate surface area is 159 Å². The summed E-state index contributed by atoms with van der Waals surface area (Å²) in [5.74, 6) is 1.14. The van der Waals surface area contributed by atoms with Crippen molar-refractivity contribution in [2.45, 2.75) is 13.0 Å². The first kappa shape index (κ1) is 17.4. The number of hydrogen-bond acceptors (Lipinski definition) is 3. The minimum atomic E-state index is 0.314. The van der Waals surface area contributed by atoms with Gasteiger partial charge in [-0.1, -0.05) is 60.7 Å². The molecule has 0 aliphatic carbocycles. The Balaban J connectivity index is 1.57. The number of furan rings is 1. The average Bonchev–Trinajstić information content (AvgIpc) is 3.15. The summed E-state index contributed by atoms with van der Waals surface area (Å²) in [5.41, 5.74) is 4.07. The zero-order valence-electron chi connectivity index (χ0n) is 15.4. The summed E-state index contributed by atoms with van der Waals surface area (Å²) in [4.78, 5) is 2.23. The Kier molecular flexibility index (Phi) is 4.95. The number of rotatable bonds is 6. The van der Waals surface area contributed by atoms with Crippen LogP contribution in [-0.2, 0) is 13.0 Å². The molecule has 0 fully saturated rings. The summed E-state index contributed by atoms with van der Waals surface area (Å²) < 4.78 is 6.03. The van der Waals surface area contributed by atoms with Crippen molar-refractivity contribution in [2.75, 3.05) is 13.6 Å². The van der Waals surface area contributed by atoms with Gasteiger partial charge >= 0.3 is 0 Å². The first-order valence-corrected chi connectivity index (χ1v) is 9.23. The molecule has 0 amide bonds. The Hall–Kier alpha value is -3.04. The maximum atomic E-state index is 10.5. The first-order chi connectivity index (χ1) is 13.2. The third-order valence-electron chi connectivity index (χ3n) is 4.90. The van der Waals surface area contributed by atoms with Crippen LogP contribution in [0.25, 0.3) is 22.3 Å². The Morgan fingerprint density at radius 1 is 0.889 bits per heavy atom. The molecule has 1 N–H and O–H groups in total. The number of likely N-dealkylation sites (N-methyl/N-ethyl adjacent to an activating group) is 1. The van der Waals surface area contributed by atoms with Gasteiger partial charge in [0, 0.05) is 29.6 Å². The highest BCUT2D eigenvalue weighted by atomic mass is 16.3. The topological polar surface area (TPSA) is 36.6 Å². The van der Waals surface area contributed by atoms with Gasteiger partial charge in [0.05, 0.1) is 0 Å². The van der Waals surface area contributed by atoms with Gasteiger partial charge in [0.15, 0.2) is 0 Å². The van der Waals surface area contributed by atoms with E-state index in [4.69, 9.17) is 4.42 Å². The molecule has 0 spiro atoms. The largest absolute Gasteiger partial charge is 0.508 e. The highest BCUT2D eigenvalue weighted by molar-refractivity contribution is 5.87. The van der Waals surface area contributed by atoms with E-state index in [1.165, 1.54) is 5.56 Å². The van der Waals surface area contributed by atoms with Gasteiger partial charge in [-0.15, -0.1) is 0 Å². The van der Waals surface area contributed by atoms with Gasteiger partial charge in [0.2, 0.25) is 0 Å². The number of phenols is 1. The zero-order valence-corrected chi connectivity index (χ0v) is 15.4. The summed E-state index contributed by atoms with van der Waals surface area (Å²) in [7, 11) is 2.08. The minimum absolute atomic E-state index is 0.314. The Morgan fingerprint density at radius 2 is 1.59 bits per heavy atom. The minimum Gasteiger partial charge on any atom is -0.508 e. The summed E-state index contributed by atoms with van der Waals surface area (Å²) >= 11 is 0. The number of nitrogens with zero attached hydrogens (tertiary/aromatic N) is 1. The number of hydrogen-bond donors (Lipinski definition) is 1. The Bertz CT molecular complexity index is 1020. The molecule has 136 valence electrons. The third kappa shape index (κ3) is 3.88. The van der Waals surface area contributed by atoms with Crippen LogP contribution in [0.15, 0.2) is 83.3 Å². The van der Waals surface area contributed by atoms with Crippen LogP contribution in [-0.4, -0.2) is 23.6 Å². The van der Waals surface area contributed by atoms with E-state index in [1.54, 1.807) is 6.07 Å². The molecule has 0 aliphatic rings. The molecule has 3 heteroatoms. The standard InChI is InChI=1S/C24H23NO2/c1-25(15-14-18-8-4-2-5-9-18)17-21-20-16-24(19-10-6-3-7-11-19)27-23(20)13-12-22(21)26/h2-13,16,26H,14-15,17H2,1H3. The van der Waals surface area contributed by atoms with Gasteiger partial charge in [-0.05, 0) is 37.2 Å². The lowest BCUT2D eigenvalue weighted by molar-refractivity contribution is 0.325. The van der Waals surface area contributed by atoms with E-state index in [0.717, 1.165) is 40.8 Å². The maximum absolute atomic E-state index is 10.5. The fraction of sp³-hybridized carbons (Fsp3) is 0.167. The van der Waals surface area contributed by atoms with E-state index in [0.29, 0.717) is 12.3 Å². The summed E-state index contributed by atoms with van der Waals surface area (Å²) in [6.45, 7) is 1.59. The van der Waals surface area contributed by atoms with E-state index in [2.05, 4.69) is 36.2 Å². The average molecular weight is 357 g/mol. The normalized spacial score (nSPS) is 11.3. The molecular weight excluding hydrogens is 334 g/mol. The van der Waals surface area contributed by atoms with E-state index >= 15 is 0 Å². The lowest BCUT2D eigenvalue weighted by atomic mass is 10.1. The molecule has 27 heavy (non-hydrogen) atoms.